The maximum Gasteiger partial charge on any atom is 0.0753 e. The first kappa shape index (κ1) is 10.1. The summed E-state index contributed by atoms with van der Waals surface area (Å²) in [6, 6.07) is 0. The van der Waals surface area contributed by atoms with Crippen molar-refractivity contribution in [3.8, 4) is 0 Å². The second kappa shape index (κ2) is 4.11. The molecule has 0 saturated carbocycles. The Bertz CT molecular complexity index is 153. The first-order valence-corrected chi connectivity index (χ1v) is 3.74. The summed E-state index contributed by atoms with van der Waals surface area (Å²) < 4.78 is 0. The Labute approximate surface area is 68.8 Å². The van der Waals surface area contributed by atoms with Crippen molar-refractivity contribution in [1.82, 2.24) is 5.01 Å². The van der Waals surface area contributed by atoms with Gasteiger partial charge >= 0.3 is 0 Å². The van der Waals surface area contributed by atoms with E-state index in [0.29, 0.717) is 0 Å². The Kier molecular flexibility index (Phi) is 3.79. The third kappa shape index (κ3) is 7.03. The molecule has 0 aliphatic heterocycles. The van der Waals surface area contributed by atoms with Crippen LogP contribution >= 0.6 is 0 Å². The van der Waals surface area contributed by atoms with Crippen LogP contribution in [-0.4, -0.2) is 17.6 Å². The van der Waals surface area contributed by atoms with E-state index < -0.39 is 0 Å². The first-order chi connectivity index (χ1) is 4.95. The van der Waals surface area contributed by atoms with Crippen LogP contribution in [0.5, 0.6) is 0 Å². The highest BCUT2D eigenvalue weighted by atomic mass is 15.5. The summed E-state index contributed by atoms with van der Waals surface area (Å²) in [6.07, 6.45) is 3.77. The van der Waals surface area contributed by atoms with E-state index in [4.69, 9.17) is 0 Å². The highest BCUT2D eigenvalue weighted by Crippen LogP contribution is 2.07. The number of hydrogen-bond acceptors (Lipinski definition) is 2. The van der Waals surface area contributed by atoms with Gasteiger partial charge in [0.15, 0.2) is 0 Å². The molecular weight excluding hydrogens is 138 g/mol. The van der Waals surface area contributed by atoms with Crippen LogP contribution < -0.4 is 0 Å². The van der Waals surface area contributed by atoms with E-state index in [1.807, 2.05) is 47.0 Å². The van der Waals surface area contributed by atoms with Crippen LogP contribution in [0.4, 0.5) is 0 Å². The van der Waals surface area contributed by atoms with Crippen molar-refractivity contribution in [2.24, 2.45) is 10.3 Å². The average Bonchev–Trinajstić information content (AvgIpc) is 1.83. The maximum atomic E-state index is 4.07. The van der Waals surface area contributed by atoms with Gasteiger partial charge in [0.05, 0.1) is 5.54 Å². The quantitative estimate of drug-likeness (QED) is 0.445. The molecular formula is C8H17N3. The van der Waals surface area contributed by atoms with E-state index in [1.165, 1.54) is 0 Å². The lowest BCUT2D eigenvalue weighted by atomic mass is 10.1. The standard InChI is InChI=1S/C8H17N3/c1-6-7-11(5)10-9-8(2,3)4/h6-7H,1-5H3/b7-6+,10-9?. The highest BCUT2D eigenvalue weighted by molar-refractivity contribution is 4.73. The monoisotopic (exact) mass is 155 g/mol. The van der Waals surface area contributed by atoms with Gasteiger partial charge in [-0.2, -0.15) is 5.11 Å². The van der Waals surface area contributed by atoms with E-state index in [9.17, 15) is 0 Å². The third-order valence-corrected chi connectivity index (χ3v) is 0.851. The molecule has 0 fully saturated rings. The van der Waals surface area contributed by atoms with Crippen molar-refractivity contribution < 1.29 is 0 Å². The van der Waals surface area contributed by atoms with Crippen LogP contribution in [0.25, 0.3) is 0 Å². The van der Waals surface area contributed by atoms with Gasteiger partial charge in [-0.05, 0) is 27.7 Å². The lowest BCUT2D eigenvalue weighted by molar-refractivity contribution is 0.401. The van der Waals surface area contributed by atoms with E-state index in [0.717, 1.165) is 0 Å². The Morgan fingerprint density at radius 3 is 2.18 bits per heavy atom. The van der Waals surface area contributed by atoms with Crippen LogP contribution in [0.3, 0.4) is 0 Å². The van der Waals surface area contributed by atoms with Gasteiger partial charge in [-0.1, -0.05) is 11.3 Å². The van der Waals surface area contributed by atoms with Crippen LogP contribution in [-0.2, 0) is 0 Å². The largest absolute Gasteiger partial charge is 0.258 e. The topological polar surface area (TPSA) is 28.0 Å². The number of allylic oxidation sites excluding steroid dienone is 1. The summed E-state index contributed by atoms with van der Waals surface area (Å²) >= 11 is 0. The van der Waals surface area contributed by atoms with Crippen molar-refractivity contribution in [2.75, 3.05) is 7.05 Å². The summed E-state index contributed by atoms with van der Waals surface area (Å²) in [5.41, 5.74) is -0.0875. The van der Waals surface area contributed by atoms with Gasteiger partial charge in [-0.3, -0.25) is 5.01 Å². The molecule has 0 bridgehead atoms. The van der Waals surface area contributed by atoms with Gasteiger partial charge in [0.2, 0.25) is 0 Å². The van der Waals surface area contributed by atoms with Crippen LogP contribution in [0.15, 0.2) is 22.6 Å². The van der Waals surface area contributed by atoms with Gasteiger partial charge in [-0.25, -0.2) is 0 Å². The molecule has 0 rings (SSSR count). The minimum absolute atomic E-state index is 0.0875. The maximum absolute atomic E-state index is 4.07. The molecule has 0 heterocycles. The van der Waals surface area contributed by atoms with Crippen molar-refractivity contribution in [3.63, 3.8) is 0 Å². The van der Waals surface area contributed by atoms with E-state index >= 15 is 0 Å². The molecule has 3 nitrogen and oxygen atoms in total. The van der Waals surface area contributed by atoms with Crippen LogP contribution in [0, 0.1) is 0 Å². The van der Waals surface area contributed by atoms with Gasteiger partial charge < -0.3 is 0 Å². The Hall–Kier alpha value is -0.860. The molecule has 3 heteroatoms. The molecule has 0 unspecified atom stereocenters. The van der Waals surface area contributed by atoms with E-state index in [-0.39, 0.29) is 5.54 Å². The zero-order valence-electron chi connectivity index (χ0n) is 8.00. The predicted molar refractivity (Wildman–Crippen MR) is 47.2 cm³/mol. The lowest BCUT2D eigenvalue weighted by Crippen LogP contribution is -2.10. The fourth-order valence-corrected chi connectivity index (χ4v) is 0.450. The zero-order valence-corrected chi connectivity index (χ0v) is 8.00. The number of hydrogen-bond donors (Lipinski definition) is 0. The second-order valence-corrected chi connectivity index (χ2v) is 3.42. The summed E-state index contributed by atoms with van der Waals surface area (Å²) in [4.78, 5) is 0. The molecule has 0 aromatic rings. The molecule has 0 saturated heterocycles. The third-order valence-electron chi connectivity index (χ3n) is 0.851. The lowest BCUT2D eigenvalue weighted by Gasteiger charge is -2.11. The average molecular weight is 155 g/mol. The molecule has 0 aliphatic rings. The van der Waals surface area contributed by atoms with Gasteiger partial charge in [-0.15, -0.1) is 0 Å². The Morgan fingerprint density at radius 1 is 1.27 bits per heavy atom. The minimum Gasteiger partial charge on any atom is -0.258 e. The molecule has 0 aromatic carbocycles. The fraction of sp³-hybridized carbons (Fsp3) is 0.750. The van der Waals surface area contributed by atoms with Gasteiger partial charge in [0, 0.05) is 13.2 Å². The SMILES string of the molecule is C/C=C/N(C)N=NC(C)(C)C. The smallest absolute Gasteiger partial charge is 0.0753 e. The minimum atomic E-state index is -0.0875. The summed E-state index contributed by atoms with van der Waals surface area (Å²) in [5, 5.41) is 9.72. The van der Waals surface area contributed by atoms with Crippen molar-refractivity contribution in [3.05, 3.63) is 12.3 Å². The molecule has 0 radical (unpaired) electrons. The summed E-state index contributed by atoms with van der Waals surface area (Å²) in [6.45, 7) is 7.99. The molecule has 0 spiro atoms. The second-order valence-electron chi connectivity index (χ2n) is 3.42. The van der Waals surface area contributed by atoms with Gasteiger partial charge in [0.25, 0.3) is 0 Å². The zero-order chi connectivity index (χ0) is 8.91. The van der Waals surface area contributed by atoms with Crippen LogP contribution in [0.1, 0.15) is 27.7 Å². The number of nitrogens with zero attached hydrogens (tertiary/aromatic N) is 3. The van der Waals surface area contributed by atoms with Crippen molar-refractivity contribution in [1.29, 1.82) is 0 Å². The predicted octanol–water partition coefficient (Wildman–Crippen LogP) is 2.62. The van der Waals surface area contributed by atoms with Crippen LogP contribution in [0.2, 0.25) is 0 Å². The number of rotatable bonds is 2. The van der Waals surface area contributed by atoms with Crippen molar-refractivity contribution >= 4 is 0 Å². The molecule has 0 N–H and O–H groups in total. The van der Waals surface area contributed by atoms with Crippen molar-refractivity contribution in [2.45, 2.75) is 33.2 Å². The van der Waals surface area contributed by atoms with E-state index in [2.05, 4.69) is 10.3 Å². The molecule has 0 aliphatic carbocycles. The Morgan fingerprint density at radius 2 is 1.82 bits per heavy atom. The van der Waals surface area contributed by atoms with Gasteiger partial charge in [0.1, 0.15) is 0 Å². The summed E-state index contributed by atoms with van der Waals surface area (Å²) in [7, 11) is 1.86. The Balaban J connectivity index is 3.93. The summed E-state index contributed by atoms with van der Waals surface area (Å²) in [5.74, 6) is 0. The highest BCUT2D eigenvalue weighted by Gasteiger charge is 2.06. The molecule has 0 amide bonds. The molecule has 0 aromatic heterocycles. The first-order valence-electron chi connectivity index (χ1n) is 3.74. The fourth-order valence-electron chi connectivity index (χ4n) is 0.450. The van der Waals surface area contributed by atoms with E-state index in [1.54, 1.807) is 5.01 Å². The normalized spacial score (nSPS) is 13.2. The molecule has 0 atom stereocenters. The molecule has 11 heavy (non-hydrogen) atoms. The molecule has 64 valence electrons.